The van der Waals surface area contributed by atoms with Crippen LogP contribution in [0.5, 0.6) is 0 Å². The van der Waals surface area contributed by atoms with Gasteiger partial charge in [0, 0.05) is 30.8 Å². The van der Waals surface area contributed by atoms with E-state index < -0.39 is 0 Å². The molecule has 1 heterocycles. The number of hydrogen-bond acceptors (Lipinski definition) is 3. The number of fused-ring (bicyclic) bond motifs is 1. The smallest absolute Gasteiger partial charge is 0.0906 e. The Balaban J connectivity index is 2.49. The van der Waals surface area contributed by atoms with E-state index in [4.69, 9.17) is 5.21 Å². The Kier molecular flexibility index (Phi) is 2.39. The topological polar surface area (TPSA) is 35.8 Å². The molecule has 1 aliphatic rings. The lowest BCUT2D eigenvalue weighted by atomic mass is 10.00. The summed E-state index contributed by atoms with van der Waals surface area (Å²) in [5.74, 6) is 0. The molecule has 1 aliphatic heterocycles. The molecule has 1 aromatic carbocycles. The van der Waals surface area contributed by atoms with Crippen LogP contribution in [0.1, 0.15) is 18.9 Å². The molecule has 14 heavy (non-hydrogen) atoms. The van der Waals surface area contributed by atoms with E-state index in [1.54, 1.807) is 0 Å². The highest BCUT2D eigenvalue weighted by Crippen LogP contribution is 2.26. The van der Waals surface area contributed by atoms with Gasteiger partial charge < -0.3 is 10.1 Å². The minimum absolute atomic E-state index is 0.797. The molecule has 0 aromatic heterocycles. The minimum atomic E-state index is 0.797. The van der Waals surface area contributed by atoms with Crippen molar-refractivity contribution in [2.24, 2.45) is 5.16 Å². The van der Waals surface area contributed by atoms with E-state index in [9.17, 15) is 0 Å². The van der Waals surface area contributed by atoms with Gasteiger partial charge >= 0.3 is 0 Å². The van der Waals surface area contributed by atoms with Gasteiger partial charge in [0.2, 0.25) is 0 Å². The first-order chi connectivity index (χ1) is 6.86. The lowest BCUT2D eigenvalue weighted by Crippen LogP contribution is -2.32. The van der Waals surface area contributed by atoms with Gasteiger partial charge in [0.15, 0.2) is 0 Å². The van der Waals surface area contributed by atoms with Crippen LogP contribution in [-0.2, 0) is 0 Å². The zero-order valence-corrected chi connectivity index (χ0v) is 8.27. The van der Waals surface area contributed by atoms with Crippen molar-refractivity contribution < 1.29 is 5.21 Å². The van der Waals surface area contributed by atoms with E-state index in [1.807, 2.05) is 18.2 Å². The first-order valence-corrected chi connectivity index (χ1v) is 4.92. The molecule has 1 aromatic rings. The maximum atomic E-state index is 8.87. The van der Waals surface area contributed by atoms with E-state index in [0.29, 0.717) is 0 Å². The summed E-state index contributed by atoms with van der Waals surface area (Å²) >= 11 is 0. The standard InChI is InChI=1S/C11H14N2O/c1-2-13-8-7-10(12-14)9-5-3-4-6-11(9)13/h3-6,14H,2,7-8H2,1H3/b12-10+. The van der Waals surface area contributed by atoms with E-state index in [-0.39, 0.29) is 0 Å². The number of oxime groups is 1. The Bertz CT molecular complexity index is 360. The molecule has 0 spiro atoms. The third kappa shape index (κ3) is 1.35. The van der Waals surface area contributed by atoms with Crippen LogP contribution >= 0.6 is 0 Å². The van der Waals surface area contributed by atoms with Crippen molar-refractivity contribution in [3.63, 3.8) is 0 Å². The third-order valence-electron chi connectivity index (χ3n) is 2.68. The maximum Gasteiger partial charge on any atom is 0.0906 e. The summed E-state index contributed by atoms with van der Waals surface area (Å²) in [6.45, 7) is 4.07. The molecule has 3 nitrogen and oxygen atoms in total. The lowest BCUT2D eigenvalue weighted by molar-refractivity contribution is 0.318. The zero-order chi connectivity index (χ0) is 9.97. The van der Waals surface area contributed by atoms with Crippen LogP contribution in [0.2, 0.25) is 0 Å². The molecule has 2 rings (SSSR count). The fourth-order valence-electron chi connectivity index (χ4n) is 1.92. The van der Waals surface area contributed by atoms with Gasteiger partial charge in [0.1, 0.15) is 0 Å². The Morgan fingerprint density at radius 3 is 2.93 bits per heavy atom. The van der Waals surface area contributed by atoms with Gasteiger partial charge in [-0.25, -0.2) is 0 Å². The van der Waals surface area contributed by atoms with Crippen molar-refractivity contribution in [1.29, 1.82) is 0 Å². The van der Waals surface area contributed by atoms with Gasteiger partial charge in [-0.05, 0) is 13.0 Å². The van der Waals surface area contributed by atoms with Gasteiger partial charge in [-0.15, -0.1) is 0 Å². The predicted molar refractivity (Wildman–Crippen MR) is 57.3 cm³/mol. The van der Waals surface area contributed by atoms with Gasteiger partial charge in [-0.1, -0.05) is 23.4 Å². The molecule has 0 saturated carbocycles. The molecule has 0 radical (unpaired) electrons. The molecule has 0 fully saturated rings. The SMILES string of the molecule is CCN1CC/C(=N\O)c2ccccc21. The first kappa shape index (κ1) is 9.06. The van der Waals surface area contributed by atoms with Crippen LogP contribution in [0.15, 0.2) is 29.4 Å². The van der Waals surface area contributed by atoms with Gasteiger partial charge in [-0.2, -0.15) is 0 Å². The van der Waals surface area contributed by atoms with Crippen molar-refractivity contribution in [3.05, 3.63) is 29.8 Å². The second-order valence-electron chi connectivity index (χ2n) is 3.39. The third-order valence-corrected chi connectivity index (χ3v) is 2.68. The van der Waals surface area contributed by atoms with Crippen LogP contribution in [0.4, 0.5) is 5.69 Å². The first-order valence-electron chi connectivity index (χ1n) is 4.92. The van der Waals surface area contributed by atoms with Crippen molar-refractivity contribution in [3.8, 4) is 0 Å². The van der Waals surface area contributed by atoms with Crippen molar-refractivity contribution in [2.75, 3.05) is 18.0 Å². The molecular formula is C11H14N2O. The van der Waals surface area contributed by atoms with Gasteiger partial charge in [0.05, 0.1) is 5.71 Å². The van der Waals surface area contributed by atoms with Crippen molar-refractivity contribution in [2.45, 2.75) is 13.3 Å². The average molecular weight is 190 g/mol. The Hall–Kier alpha value is -1.51. The summed E-state index contributed by atoms with van der Waals surface area (Å²) in [4.78, 5) is 2.30. The molecule has 0 bridgehead atoms. The van der Waals surface area contributed by atoms with E-state index in [0.717, 1.165) is 30.8 Å². The highest BCUT2D eigenvalue weighted by molar-refractivity contribution is 6.06. The second kappa shape index (κ2) is 3.70. The quantitative estimate of drug-likeness (QED) is 0.543. The average Bonchev–Trinajstić information content (AvgIpc) is 2.27. The second-order valence-corrected chi connectivity index (χ2v) is 3.39. The summed E-state index contributed by atoms with van der Waals surface area (Å²) in [7, 11) is 0. The van der Waals surface area contributed by atoms with Crippen molar-refractivity contribution >= 4 is 11.4 Å². The Morgan fingerprint density at radius 2 is 2.21 bits per heavy atom. The van der Waals surface area contributed by atoms with Crippen molar-refractivity contribution in [1.82, 2.24) is 0 Å². The predicted octanol–water partition coefficient (Wildman–Crippen LogP) is 2.09. The summed E-state index contributed by atoms with van der Waals surface area (Å²) in [5.41, 5.74) is 3.03. The van der Waals surface area contributed by atoms with Crippen LogP contribution < -0.4 is 4.90 Å². The molecule has 0 unspecified atom stereocenters. The number of anilines is 1. The number of para-hydroxylation sites is 1. The Labute approximate surface area is 83.7 Å². The maximum absolute atomic E-state index is 8.87. The fourth-order valence-corrected chi connectivity index (χ4v) is 1.92. The minimum Gasteiger partial charge on any atom is -0.411 e. The molecule has 0 amide bonds. The summed E-state index contributed by atoms with van der Waals surface area (Å²) in [6.07, 6.45) is 0.821. The van der Waals surface area contributed by atoms with E-state index in [1.165, 1.54) is 5.69 Å². The molecule has 0 atom stereocenters. The number of nitrogens with zero attached hydrogens (tertiary/aromatic N) is 2. The zero-order valence-electron chi connectivity index (χ0n) is 8.27. The number of rotatable bonds is 1. The summed E-state index contributed by atoms with van der Waals surface area (Å²) in [6, 6.07) is 8.07. The molecule has 3 heteroatoms. The largest absolute Gasteiger partial charge is 0.411 e. The summed E-state index contributed by atoms with van der Waals surface area (Å²) < 4.78 is 0. The van der Waals surface area contributed by atoms with E-state index >= 15 is 0 Å². The summed E-state index contributed by atoms with van der Waals surface area (Å²) in [5, 5.41) is 12.2. The van der Waals surface area contributed by atoms with Gasteiger partial charge in [-0.3, -0.25) is 0 Å². The lowest BCUT2D eigenvalue weighted by Gasteiger charge is -2.30. The van der Waals surface area contributed by atoms with Gasteiger partial charge in [0.25, 0.3) is 0 Å². The number of benzene rings is 1. The molecule has 0 aliphatic carbocycles. The number of hydrogen-bond donors (Lipinski definition) is 1. The molecule has 1 N–H and O–H groups in total. The normalized spacial score (nSPS) is 18.4. The highest BCUT2D eigenvalue weighted by Gasteiger charge is 2.19. The highest BCUT2D eigenvalue weighted by atomic mass is 16.4. The van der Waals surface area contributed by atoms with Crippen LogP contribution in [-0.4, -0.2) is 24.0 Å². The molecule has 0 saturated heterocycles. The van der Waals surface area contributed by atoms with Crippen LogP contribution in [0, 0.1) is 0 Å². The fraction of sp³-hybridized carbons (Fsp3) is 0.364. The Morgan fingerprint density at radius 1 is 1.43 bits per heavy atom. The monoisotopic (exact) mass is 190 g/mol. The van der Waals surface area contributed by atoms with Crippen LogP contribution in [0.25, 0.3) is 0 Å². The van der Waals surface area contributed by atoms with E-state index in [2.05, 4.69) is 23.0 Å². The molecular weight excluding hydrogens is 176 g/mol. The van der Waals surface area contributed by atoms with Crippen LogP contribution in [0.3, 0.4) is 0 Å². The molecule has 74 valence electrons.